The molecule has 0 fully saturated rings. The number of aromatic nitrogens is 4. The lowest BCUT2D eigenvalue weighted by molar-refractivity contribution is 0.628. The molecule has 0 amide bonds. The van der Waals surface area contributed by atoms with Gasteiger partial charge in [0.05, 0.1) is 33.3 Å². The molecule has 48 heavy (non-hydrogen) atoms. The van der Waals surface area contributed by atoms with Crippen molar-refractivity contribution in [3.8, 4) is 28.2 Å². The molecular formula is C42H24F2N4. The van der Waals surface area contributed by atoms with Crippen LogP contribution in [0, 0.1) is 11.6 Å². The summed E-state index contributed by atoms with van der Waals surface area (Å²) in [5.41, 5.74) is 8.59. The van der Waals surface area contributed by atoms with Crippen LogP contribution in [0.15, 0.2) is 146 Å². The van der Waals surface area contributed by atoms with Gasteiger partial charge >= 0.3 is 0 Å². The molecule has 0 aliphatic rings. The molecule has 0 bridgehead atoms. The topological polar surface area (TPSA) is 35.1 Å². The number of hydrogen-bond acceptors (Lipinski definition) is 2. The predicted octanol–water partition coefficient (Wildman–Crippen LogP) is 10.9. The first-order chi connectivity index (χ1) is 23.6. The zero-order valence-corrected chi connectivity index (χ0v) is 25.4. The first kappa shape index (κ1) is 26.8. The molecule has 10 aromatic rings. The summed E-state index contributed by atoms with van der Waals surface area (Å²) in [6.45, 7) is 0. The van der Waals surface area contributed by atoms with Gasteiger partial charge in [-0.3, -0.25) is 8.97 Å². The van der Waals surface area contributed by atoms with Crippen molar-refractivity contribution in [2.45, 2.75) is 0 Å². The predicted molar refractivity (Wildman–Crippen MR) is 191 cm³/mol. The van der Waals surface area contributed by atoms with Gasteiger partial charge in [-0.1, -0.05) is 78.9 Å². The number of pyridine rings is 2. The Labute approximate surface area is 272 Å². The number of rotatable bonds is 3. The third-order valence-corrected chi connectivity index (χ3v) is 9.37. The van der Waals surface area contributed by atoms with Crippen LogP contribution in [-0.4, -0.2) is 18.9 Å². The monoisotopic (exact) mass is 622 g/mol. The van der Waals surface area contributed by atoms with E-state index >= 15 is 0 Å². The molecule has 6 heteroatoms. The standard InChI is InChI=1S/C42H24F2N4/c43-28-11-7-9-25(21-28)27-23-35(26-10-8-12-29(44)22-26)45-39(24-27)48-36-16-4-1-13-30(36)31-19-20-33-40(41(31)48)32-14-2-5-17-37(32)47-38-18-6-3-15-34(38)46-42(33)47/h1-24H. The minimum atomic E-state index is -0.350. The lowest BCUT2D eigenvalue weighted by atomic mass is 10.0. The van der Waals surface area contributed by atoms with E-state index in [1.54, 1.807) is 12.1 Å². The Morgan fingerprint density at radius 1 is 0.458 bits per heavy atom. The molecule has 0 saturated heterocycles. The molecule has 4 aromatic heterocycles. The zero-order valence-electron chi connectivity index (χ0n) is 25.4. The van der Waals surface area contributed by atoms with Crippen LogP contribution in [0.5, 0.6) is 0 Å². The van der Waals surface area contributed by atoms with Gasteiger partial charge in [0.15, 0.2) is 0 Å². The number of para-hydroxylation sites is 4. The molecule has 226 valence electrons. The van der Waals surface area contributed by atoms with Crippen LogP contribution in [0.1, 0.15) is 0 Å². The van der Waals surface area contributed by atoms with Gasteiger partial charge in [-0.2, -0.15) is 0 Å². The highest BCUT2D eigenvalue weighted by atomic mass is 19.1. The van der Waals surface area contributed by atoms with Crippen molar-refractivity contribution >= 4 is 60.2 Å². The Morgan fingerprint density at radius 2 is 1.12 bits per heavy atom. The van der Waals surface area contributed by atoms with Crippen molar-refractivity contribution in [3.63, 3.8) is 0 Å². The van der Waals surface area contributed by atoms with Crippen molar-refractivity contribution in [3.05, 3.63) is 157 Å². The molecule has 0 aliphatic heterocycles. The largest absolute Gasteiger partial charge is 0.293 e. The molecule has 0 saturated carbocycles. The Balaban J connectivity index is 1.41. The van der Waals surface area contributed by atoms with Crippen molar-refractivity contribution in [2.24, 2.45) is 0 Å². The average Bonchev–Trinajstić information content (AvgIpc) is 3.68. The van der Waals surface area contributed by atoms with Gasteiger partial charge in [0, 0.05) is 32.5 Å². The summed E-state index contributed by atoms with van der Waals surface area (Å²) < 4.78 is 33.6. The quantitative estimate of drug-likeness (QED) is 0.184. The SMILES string of the molecule is Fc1cccc(-c2cc(-c3cccc(F)c3)nc(-n3c4ccccc4c4ccc5c(c6ccccc6n6c7ccccc7nc56)c43)c2)c1. The van der Waals surface area contributed by atoms with Gasteiger partial charge in [-0.15, -0.1) is 0 Å². The highest BCUT2D eigenvalue weighted by molar-refractivity contribution is 6.27. The number of benzene rings is 6. The summed E-state index contributed by atoms with van der Waals surface area (Å²) in [5, 5.41) is 5.33. The third kappa shape index (κ3) is 3.86. The average molecular weight is 623 g/mol. The van der Waals surface area contributed by atoms with E-state index in [9.17, 15) is 8.78 Å². The van der Waals surface area contributed by atoms with Crippen LogP contribution in [0.3, 0.4) is 0 Å². The molecule has 10 rings (SSSR count). The summed E-state index contributed by atoms with van der Waals surface area (Å²) >= 11 is 0. The summed E-state index contributed by atoms with van der Waals surface area (Å²) in [4.78, 5) is 10.3. The van der Waals surface area contributed by atoms with Crippen LogP contribution in [0.25, 0.3) is 88.4 Å². The summed E-state index contributed by atoms with van der Waals surface area (Å²) in [6, 6.07) is 46.2. The highest BCUT2D eigenvalue weighted by Crippen LogP contribution is 2.42. The van der Waals surface area contributed by atoms with Gasteiger partial charge in [0.25, 0.3) is 0 Å². The molecule has 4 nitrogen and oxygen atoms in total. The van der Waals surface area contributed by atoms with Gasteiger partial charge < -0.3 is 0 Å². The Hall–Kier alpha value is -6.40. The van der Waals surface area contributed by atoms with E-state index in [0.717, 1.165) is 65.7 Å². The molecule has 0 spiro atoms. The maximum absolute atomic E-state index is 14.6. The molecular weight excluding hydrogens is 598 g/mol. The first-order valence-electron chi connectivity index (χ1n) is 15.8. The second-order valence-corrected chi connectivity index (χ2v) is 12.1. The van der Waals surface area contributed by atoms with E-state index in [1.165, 1.54) is 24.3 Å². The van der Waals surface area contributed by atoms with E-state index in [4.69, 9.17) is 9.97 Å². The fraction of sp³-hybridized carbons (Fsp3) is 0. The lowest BCUT2D eigenvalue weighted by Crippen LogP contribution is -2.01. The van der Waals surface area contributed by atoms with Crippen molar-refractivity contribution in [1.82, 2.24) is 18.9 Å². The van der Waals surface area contributed by atoms with E-state index in [0.29, 0.717) is 22.6 Å². The minimum Gasteiger partial charge on any atom is -0.293 e. The summed E-state index contributed by atoms with van der Waals surface area (Å²) in [5.74, 6) is -0.0341. The first-order valence-corrected chi connectivity index (χ1v) is 15.8. The van der Waals surface area contributed by atoms with Gasteiger partial charge in [-0.05, 0) is 77.9 Å². The second-order valence-electron chi connectivity index (χ2n) is 12.1. The maximum atomic E-state index is 14.6. The van der Waals surface area contributed by atoms with Crippen LogP contribution in [-0.2, 0) is 0 Å². The number of fused-ring (bicyclic) bond motifs is 12. The fourth-order valence-corrected chi connectivity index (χ4v) is 7.35. The van der Waals surface area contributed by atoms with Crippen molar-refractivity contribution in [1.29, 1.82) is 0 Å². The Morgan fingerprint density at radius 3 is 1.94 bits per heavy atom. The molecule has 6 aromatic carbocycles. The molecule has 0 radical (unpaired) electrons. The van der Waals surface area contributed by atoms with E-state index in [-0.39, 0.29) is 11.6 Å². The van der Waals surface area contributed by atoms with Gasteiger partial charge in [0.2, 0.25) is 0 Å². The van der Waals surface area contributed by atoms with E-state index < -0.39 is 0 Å². The Bertz CT molecular complexity index is 2870. The smallest absolute Gasteiger partial charge is 0.146 e. The molecule has 0 aliphatic carbocycles. The van der Waals surface area contributed by atoms with Gasteiger partial charge in [0.1, 0.15) is 23.1 Å². The van der Waals surface area contributed by atoms with Crippen LogP contribution >= 0.6 is 0 Å². The summed E-state index contributed by atoms with van der Waals surface area (Å²) in [6.07, 6.45) is 0. The molecule has 0 N–H and O–H groups in total. The van der Waals surface area contributed by atoms with Crippen molar-refractivity contribution < 1.29 is 8.78 Å². The minimum absolute atomic E-state index is 0.330. The fourth-order valence-electron chi connectivity index (χ4n) is 7.35. The van der Waals surface area contributed by atoms with E-state index in [1.807, 2.05) is 54.6 Å². The van der Waals surface area contributed by atoms with Crippen LogP contribution in [0.2, 0.25) is 0 Å². The van der Waals surface area contributed by atoms with E-state index in [2.05, 4.69) is 63.6 Å². The lowest BCUT2D eigenvalue weighted by Gasteiger charge is -2.15. The number of hydrogen-bond donors (Lipinski definition) is 0. The molecule has 0 atom stereocenters. The van der Waals surface area contributed by atoms with Gasteiger partial charge in [-0.25, -0.2) is 18.7 Å². The highest BCUT2D eigenvalue weighted by Gasteiger charge is 2.22. The zero-order chi connectivity index (χ0) is 31.9. The van der Waals surface area contributed by atoms with Crippen LogP contribution in [0.4, 0.5) is 8.78 Å². The Kier molecular flexibility index (Phi) is 5.61. The third-order valence-electron chi connectivity index (χ3n) is 9.37. The number of halogens is 2. The van der Waals surface area contributed by atoms with Crippen LogP contribution < -0.4 is 0 Å². The summed E-state index contributed by atoms with van der Waals surface area (Å²) in [7, 11) is 0. The molecule has 0 unspecified atom stereocenters. The van der Waals surface area contributed by atoms with Crippen molar-refractivity contribution in [2.75, 3.05) is 0 Å². The molecule has 4 heterocycles. The normalized spacial score (nSPS) is 12.0. The second kappa shape index (κ2) is 10.0. The maximum Gasteiger partial charge on any atom is 0.146 e. The number of imidazole rings is 1. The number of nitrogens with zero attached hydrogens (tertiary/aromatic N) is 4.